The molecule has 0 radical (unpaired) electrons. The monoisotopic (exact) mass is 473 g/mol. The fraction of sp³-hybridized carbons (Fsp3) is 0.250. The highest BCUT2D eigenvalue weighted by molar-refractivity contribution is 5.81. The molecular formula is C28H24FNO5. The first-order valence-corrected chi connectivity index (χ1v) is 11.7. The van der Waals surface area contributed by atoms with Crippen LogP contribution in [0.1, 0.15) is 41.6 Å². The summed E-state index contributed by atoms with van der Waals surface area (Å²) in [5.41, 5.74) is 3.32. The van der Waals surface area contributed by atoms with Crippen LogP contribution in [0, 0.1) is 5.82 Å². The lowest BCUT2D eigenvalue weighted by Gasteiger charge is -2.17. The van der Waals surface area contributed by atoms with Crippen LogP contribution in [0.25, 0.3) is 10.9 Å². The Bertz CT molecular complexity index is 1460. The summed E-state index contributed by atoms with van der Waals surface area (Å²) in [6.45, 7) is 0.335. The largest absolute Gasteiger partial charge is 0.492 e. The van der Waals surface area contributed by atoms with Gasteiger partial charge in [0.25, 0.3) is 0 Å². The average molecular weight is 474 g/mol. The summed E-state index contributed by atoms with van der Waals surface area (Å²) in [5, 5.41) is 10.2. The number of hydrogen-bond donors (Lipinski definition) is 1. The maximum absolute atomic E-state index is 14.9. The van der Waals surface area contributed by atoms with Crippen LogP contribution in [-0.4, -0.2) is 22.2 Å². The highest BCUT2D eigenvalue weighted by Gasteiger charge is 2.32. The van der Waals surface area contributed by atoms with E-state index in [1.54, 1.807) is 18.2 Å². The minimum absolute atomic E-state index is 0.0222. The lowest BCUT2D eigenvalue weighted by Crippen LogP contribution is -2.07. The third kappa shape index (κ3) is 3.87. The van der Waals surface area contributed by atoms with Crippen molar-refractivity contribution in [2.75, 3.05) is 6.61 Å². The Morgan fingerprint density at radius 3 is 2.86 bits per heavy atom. The quantitative estimate of drug-likeness (QED) is 0.365. The van der Waals surface area contributed by atoms with Crippen molar-refractivity contribution in [1.82, 2.24) is 4.57 Å². The predicted octanol–water partition coefficient (Wildman–Crippen LogP) is 6.13. The van der Waals surface area contributed by atoms with Crippen molar-refractivity contribution in [3.05, 3.63) is 83.3 Å². The van der Waals surface area contributed by atoms with E-state index in [-0.39, 0.29) is 18.2 Å². The van der Waals surface area contributed by atoms with Gasteiger partial charge in [0, 0.05) is 52.8 Å². The number of ether oxygens (including phenoxy) is 3. The van der Waals surface area contributed by atoms with Gasteiger partial charge in [-0.2, -0.15) is 0 Å². The molecule has 0 saturated carbocycles. The molecule has 0 unspecified atom stereocenters. The maximum atomic E-state index is 14.9. The van der Waals surface area contributed by atoms with Crippen molar-refractivity contribution in [2.24, 2.45) is 7.05 Å². The summed E-state index contributed by atoms with van der Waals surface area (Å²) in [6, 6.07) is 16.5. The van der Waals surface area contributed by atoms with Crippen LogP contribution in [-0.2, 0) is 18.3 Å². The summed E-state index contributed by atoms with van der Waals surface area (Å²) in [5.74, 6) is 1.19. The second-order valence-electron chi connectivity index (χ2n) is 9.14. The molecule has 35 heavy (non-hydrogen) atoms. The van der Waals surface area contributed by atoms with Crippen molar-refractivity contribution in [3.8, 4) is 23.0 Å². The summed E-state index contributed by atoms with van der Waals surface area (Å²) in [6.07, 6.45) is 2.85. The topological polar surface area (TPSA) is 69.9 Å². The van der Waals surface area contributed by atoms with Crippen LogP contribution in [0.5, 0.6) is 23.0 Å². The second kappa shape index (κ2) is 8.34. The minimum atomic E-state index is -0.855. The zero-order valence-electron chi connectivity index (χ0n) is 19.2. The molecule has 1 aliphatic heterocycles. The first kappa shape index (κ1) is 21.5. The number of aliphatic carboxylic acids is 1. The van der Waals surface area contributed by atoms with E-state index in [4.69, 9.17) is 19.3 Å². The third-order valence-corrected chi connectivity index (χ3v) is 6.89. The highest BCUT2D eigenvalue weighted by atomic mass is 19.1. The molecule has 6 rings (SSSR count). The zero-order chi connectivity index (χ0) is 24.1. The van der Waals surface area contributed by atoms with Gasteiger partial charge in [-0.3, -0.25) is 4.79 Å². The van der Waals surface area contributed by atoms with Crippen LogP contribution >= 0.6 is 0 Å². The van der Waals surface area contributed by atoms with Gasteiger partial charge >= 0.3 is 5.97 Å². The Hall–Kier alpha value is -4.00. The van der Waals surface area contributed by atoms with Gasteiger partial charge in [-0.05, 0) is 55.3 Å². The molecule has 7 heteroatoms. The molecule has 1 N–H and O–H groups in total. The van der Waals surface area contributed by atoms with Crippen molar-refractivity contribution >= 4 is 16.9 Å². The molecule has 0 saturated heterocycles. The molecular weight excluding hydrogens is 449 g/mol. The molecule has 2 aliphatic rings. The molecule has 2 atom stereocenters. The summed E-state index contributed by atoms with van der Waals surface area (Å²) in [4.78, 5) is 11.1. The molecule has 0 fully saturated rings. The minimum Gasteiger partial charge on any atom is -0.492 e. The van der Waals surface area contributed by atoms with Gasteiger partial charge in [-0.15, -0.1) is 0 Å². The van der Waals surface area contributed by atoms with Crippen LogP contribution in [0.4, 0.5) is 4.39 Å². The summed E-state index contributed by atoms with van der Waals surface area (Å²) < 4.78 is 35.1. The lowest BCUT2D eigenvalue weighted by molar-refractivity contribution is -0.137. The third-order valence-electron chi connectivity index (χ3n) is 6.89. The van der Waals surface area contributed by atoms with E-state index in [0.29, 0.717) is 48.0 Å². The molecule has 0 amide bonds. The number of halogens is 1. The van der Waals surface area contributed by atoms with Gasteiger partial charge in [-0.1, -0.05) is 6.07 Å². The molecule has 0 spiro atoms. The number of carbonyl (C=O) groups is 1. The SMILES string of the molecule is Cn1ccc2cc(Oc3ccc(F)c4c3CC[C@H]4Oc3ccc4c(c3)OC[C@H]4CC(=O)O)ccc21. The number of aryl methyl sites for hydroxylation is 1. The smallest absolute Gasteiger partial charge is 0.304 e. The Balaban J connectivity index is 1.24. The van der Waals surface area contributed by atoms with Gasteiger partial charge in [0.15, 0.2) is 0 Å². The molecule has 1 aromatic heterocycles. The maximum Gasteiger partial charge on any atom is 0.304 e. The first-order chi connectivity index (χ1) is 17.0. The number of hydrogen-bond acceptors (Lipinski definition) is 4. The fourth-order valence-electron chi connectivity index (χ4n) is 5.18. The number of nitrogens with zero attached hydrogens (tertiary/aromatic N) is 1. The van der Waals surface area contributed by atoms with Crippen molar-refractivity contribution in [2.45, 2.75) is 31.3 Å². The molecule has 2 heterocycles. The number of carboxylic acid groups (broad SMARTS) is 1. The normalized spacial score (nSPS) is 18.2. The van der Waals surface area contributed by atoms with Gasteiger partial charge in [0.2, 0.25) is 0 Å². The number of benzene rings is 3. The summed E-state index contributed by atoms with van der Waals surface area (Å²) in [7, 11) is 2.00. The standard InChI is InChI=1S/C28H24FNO5/c1-30-11-10-16-12-18(3-7-23(16)30)34-24-9-6-22(29)28-21(24)5-8-25(28)35-19-2-4-20-17(13-27(31)32)15-33-26(20)14-19/h2-4,6-7,9-12,14,17,25H,5,8,13,15H2,1H3,(H,31,32)/t17-,25-/m1/s1. The second-order valence-corrected chi connectivity index (χ2v) is 9.14. The highest BCUT2D eigenvalue weighted by Crippen LogP contribution is 2.44. The van der Waals surface area contributed by atoms with Crippen molar-refractivity contribution < 1.29 is 28.5 Å². The van der Waals surface area contributed by atoms with Gasteiger partial charge in [-0.25, -0.2) is 4.39 Å². The van der Waals surface area contributed by atoms with Crippen molar-refractivity contribution in [1.29, 1.82) is 0 Å². The van der Waals surface area contributed by atoms with E-state index in [9.17, 15) is 9.18 Å². The molecule has 3 aromatic carbocycles. The fourth-order valence-corrected chi connectivity index (χ4v) is 5.18. The lowest BCUT2D eigenvalue weighted by atomic mass is 9.98. The molecule has 4 aromatic rings. The summed E-state index contributed by atoms with van der Waals surface area (Å²) >= 11 is 0. The Morgan fingerprint density at radius 1 is 1.14 bits per heavy atom. The van der Waals surface area contributed by atoms with Crippen LogP contribution in [0.2, 0.25) is 0 Å². The van der Waals surface area contributed by atoms with Crippen molar-refractivity contribution in [3.63, 3.8) is 0 Å². The average Bonchev–Trinajstić information content (AvgIpc) is 3.54. The number of fused-ring (bicyclic) bond motifs is 3. The first-order valence-electron chi connectivity index (χ1n) is 11.7. The molecule has 0 bridgehead atoms. The number of aromatic nitrogens is 1. The predicted molar refractivity (Wildman–Crippen MR) is 128 cm³/mol. The van der Waals surface area contributed by atoms with E-state index in [2.05, 4.69) is 0 Å². The molecule has 6 nitrogen and oxygen atoms in total. The van der Waals surface area contributed by atoms with E-state index in [1.807, 2.05) is 48.1 Å². The molecule has 178 valence electrons. The van der Waals surface area contributed by atoms with E-state index in [1.165, 1.54) is 6.07 Å². The zero-order valence-corrected chi connectivity index (χ0v) is 19.2. The van der Waals surface area contributed by atoms with Crippen LogP contribution in [0.3, 0.4) is 0 Å². The van der Waals surface area contributed by atoms with Gasteiger partial charge in [0.05, 0.1) is 13.0 Å². The Kier molecular flexibility index (Phi) is 5.13. The number of carboxylic acids is 1. The van der Waals surface area contributed by atoms with Gasteiger partial charge < -0.3 is 23.9 Å². The molecule has 1 aliphatic carbocycles. The van der Waals surface area contributed by atoms with E-state index < -0.39 is 12.1 Å². The van der Waals surface area contributed by atoms with Crippen LogP contribution in [0.15, 0.2) is 60.8 Å². The van der Waals surface area contributed by atoms with E-state index in [0.717, 1.165) is 22.0 Å². The van der Waals surface area contributed by atoms with Crippen LogP contribution < -0.4 is 14.2 Å². The Labute approximate surface area is 201 Å². The van der Waals surface area contributed by atoms with Gasteiger partial charge in [0.1, 0.15) is 34.9 Å². The number of rotatable bonds is 6. The van der Waals surface area contributed by atoms with E-state index >= 15 is 0 Å². The Morgan fingerprint density at radius 2 is 2.00 bits per heavy atom.